The van der Waals surface area contributed by atoms with Crippen LogP contribution in [0.5, 0.6) is 0 Å². The van der Waals surface area contributed by atoms with Crippen molar-refractivity contribution in [2.24, 2.45) is 0 Å². The third-order valence-corrected chi connectivity index (χ3v) is 5.08. The van der Waals surface area contributed by atoms with Gasteiger partial charge in [0.2, 0.25) is 0 Å². The number of rotatable bonds is 8. The van der Waals surface area contributed by atoms with Crippen molar-refractivity contribution >= 4 is 35.3 Å². The number of thioether (sulfide) groups is 1. The van der Waals surface area contributed by atoms with E-state index >= 15 is 0 Å². The minimum absolute atomic E-state index is 0.00517. The molecule has 1 aromatic heterocycles. The molecular formula is C20H26N4O3S. The van der Waals surface area contributed by atoms with E-state index < -0.39 is 11.2 Å². The number of carbonyl (C=O) groups is 1. The van der Waals surface area contributed by atoms with Crippen molar-refractivity contribution in [3.05, 3.63) is 56.7 Å². The molecule has 2 aromatic rings. The average molecular weight is 403 g/mol. The second kappa shape index (κ2) is 9.98. The molecule has 7 nitrogen and oxygen atoms in total. The van der Waals surface area contributed by atoms with Gasteiger partial charge in [-0.3, -0.25) is 19.1 Å². The molecule has 0 fully saturated rings. The van der Waals surface area contributed by atoms with Crippen molar-refractivity contribution in [2.45, 2.75) is 38.1 Å². The Labute approximate surface area is 168 Å². The maximum atomic E-state index is 12.7. The zero-order chi connectivity index (χ0) is 20.7. The van der Waals surface area contributed by atoms with Crippen molar-refractivity contribution in [1.29, 1.82) is 0 Å². The summed E-state index contributed by atoms with van der Waals surface area (Å²) < 4.78 is 1.31. The summed E-state index contributed by atoms with van der Waals surface area (Å²) in [5.74, 6) is -0.371. The molecule has 0 saturated heterocycles. The molecule has 0 aliphatic rings. The zero-order valence-electron chi connectivity index (χ0n) is 16.4. The Balaban J connectivity index is 2.35. The van der Waals surface area contributed by atoms with Gasteiger partial charge in [-0.1, -0.05) is 25.5 Å². The Bertz CT molecular complexity index is 961. The molecule has 0 atom stereocenters. The Morgan fingerprint density at radius 1 is 1.25 bits per heavy atom. The average Bonchev–Trinajstić information content (AvgIpc) is 2.69. The lowest BCUT2D eigenvalue weighted by molar-refractivity contribution is -0.114. The lowest BCUT2D eigenvalue weighted by Crippen LogP contribution is -2.40. The maximum Gasteiger partial charge on any atom is 0.330 e. The Morgan fingerprint density at radius 3 is 2.50 bits per heavy atom. The number of aromatic amines is 1. The Kier molecular flexibility index (Phi) is 7.69. The van der Waals surface area contributed by atoms with Gasteiger partial charge in [0.25, 0.3) is 11.5 Å². The summed E-state index contributed by atoms with van der Waals surface area (Å²) in [4.78, 5) is 41.8. The van der Waals surface area contributed by atoms with Crippen LogP contribution in [0.3, 0.4) is 0 Å². The molecular weight excluding hydrogens is 376 g/mol. The molecule has 1 heterocycles. The van der Waals surface area contributed by atoms with Crippen molar-refractivity contribution in [1.82, 2.24) is 9.55 Å². The summed E-state index contributed by atoms with van der Waals surface area (Å²) in [6.07, 6.45) is 6.69. The van der Waals surface area contributed by atoms with E-state index in [1.807, 2.05) is 37.4 Å². The van der Waals surface area contributed by atoms with Crippen molar-refractivity contribution < 1.29 is 4.79 Å². The van der Waals surface area contributed by atoms with E-state index in [0.717, 1.165) is 23.3 Å². The van der Waals surface area contributed by atoms with E-state index in [9.17, 15) is 14.4 Å². The number of carbonyl (C=O) groups excluding carboxylic acids is 1. The molecule has 150 valence electrons. The first-order chi connectivity index (χ1) is 13.4. The number of nitrogens with zero attached hydrogens (tertiary/aromatic N) is 2. The number of hydrogen-bond acceptors (Lipinski definition) is 5. The monoisotopic (exact) mass is 402 g/mol. The van der Waals surface area contributed by atoms with Gasteiger partial charge < -0.3 is 10.6 Å². The molecule has 0 bridgehead atoms. The first-order valence-corrected chi connectivity index (χ1v) is 10.4. The van der Waals surface area contributed by atoms with Crippen LogP contribution in [0.1, 0.15) is 32.3 Å². The predicted octanol–water partition coefficient (Wildman–Crippen LogP) is 2.71. The number of nitrogen functional groups attached to an aromatic ring is 1. The van der Waals surface area contributed by atoms with Gasteiger partial charge in [-0.25, -0.2) is 4.79 Å². The highest BCUT2D eigenvalue weighted by molar-refractivity contribution is 7.98. The van der Waals surface area contributed by atoms with Crippen LogP contribution in [-0.4, -0.2) is 28.3 Å². The summed E-state index contributed by atoms with van der Waals surface area (Å²) in [5.41, 5.74) is 5.75. The third kappa shape index (κ3) is 4.95. The van der Waals surface area contributed by atoms with E-state index in [0.29, 0.717) is 6.54 Å². The van der Waals surface area contributed by atoms with E-state index in [2.05, 4.69) is 4.98 Å². The Hall–Kier alpha value is -2.74. The first kappa shape index (κ1) is 21.6. The lowest BCUT2D eigenvalue weighted by atomic mass is 10.2. The van der Waals surface area contributed by atoms with E-state index in [-0.39, 0.29) is 24.0 Å². The Morgan fingerprint density at radius 2 is 1.93 bits per heavy atom. The molecule has 0 aliphatic heterocycles. The molecule has 0 saturated carbocycles. The van der Waals surface area contributed by atoms with Crippen LogP contribution in [0.15, 0.2) is 44.8 Å². The quantitative estimate of drug-likeness (QED) is 0.522. The van der Waals surface area contributed by atoms with E-state index in [1.165, 1.54) is 15.5 Å². The zero-order valence-corrected chi connectivity index (χ0v) is 17.2. The summed E-state index contributed by atoms with van der Waals surface area (Å²) in [5, 5.41) is 0. The minimum Gasteiger partial charge on any atom is -0.383 e. The highest BCUT2D eigenvalue weighted by Gasteiger charge is 2.21. The van der Waals surface area contributed by atoms with Crippen LogP contribution in [0.25, 0.3) is 6.08 Å². The number of nitrogens with two attached hydrogens (primary N) is 1. The predicted molar refractivity (Wildman–Crippen MR) is 116 cm³/mol. The number of aromatic nitrogens is 2. The van der Waals surface area contributed by atoms with Crippen molar-refractivity contribution in [2.75, 3.05) is 23.4 Å². The molecule has 0 radical (unpaired) electrons. The summed E-state index contributed by atoms with van der Waals surface area (Å²) in [6.45, 7) is 4.37. The fourth-order valence-corrected chi connectivity index (χ4v) is 3.18. The standard InChI is InChI=1S/C20H26N4O3S/c1-4-6-13-24-18(21)17(19(26)22-20(24)27)23(5-2)16(25)12-9-14-7-10-15(28-3)11-8-14/h7-12H,4-6,13,21H2,1-3H3,(H,22,26,27)/b12-9+. The number of amides is 1. The van der Waals surface area contributed by atoms with Gasteiger partial charge in [0.1, 0.15) is 5.82 Å². The number of benzene rings is 1. The van der Waals surface area contributed by atoms with Gasteiger partial charge in [0.15, 0.2) is 5.69 Å². The number of H-pyrrole nitrogens is 1. The summed E-state index contributed by atoms with van der Waals surface area (Å²) in [7, 11) is 0. The largest absolute Gasteiger partial charge is 0.383 e. The second-order valence-electron chi connectivity index (χ2n) is 6.19. The second-order valence-corrected chi connectivity index (χ2v) is 7.07. The van der Waals surface area contributed by atoms with E-state index in [4.69, 9.17) is 5.73 Å². The van der Waals surface area contributed by atoms with Crippen LogP contribution >= 0.6 is 11.8 Å². The molecule has 0 spiro atoms. The molecule has 8 heteroatoms. The van der Waals surface area contributed by atoms with E-state index in [1.54, 1.807) is 24.8 Å². The molecule has 0 unspecified atom stereocenters. The van der Waals surface area contributed by atoms with Gasteiger partial charge in [-0.15, -0.1) is 11.8 Å². The third-order valence-electron chi connectivity index (χ3n) is 4.34. The van der Waals surface area contributed by atoms with Crippen LogP contribution in [0.2, 0.25) is 0 Å². The number of nitrogens with one attached hydrogen (secondary N) is 1. The number of anilines is 2. The van der Waals surface area contributed by atoms with Crippen LogP contribution < -0.4 is 21.9 Å². The van der Waals surface area contributed by atoms with Gasteiger partial charge in [-0.05, 0) is 43.4 Å². The van der Waals surface area contributed by atoms with Gasteiger partial charge in [-0.2, -0.15) is 0 Å². The summed E-state index contributed by atoms with van der Waals surface area (Å²) >= 11 is 1.64. The minimum atomic E-state index is -0.664. The van der Waals surface area contributed by atoms with Crippen LogP contribution in [0.4, 0.5) is 11.5 Å². The number of unbranched alkanes of at least 4 members (excludes halogenated alkanes) is 1. The summed E-state index contributed by atoms with van der Waals surface area (Å²) in [6, 6.07) is 7.77. The molecule has 2 rings (SSSR count). The molecule has 1 aromatic carbocycles. The van der Waals surface area contributed by atoms with Crippen LogP contribution in [-0.2, 0) is 11.3 Å². The highest BCUT2D eigenvalue weighted by atomic mass is 32.2. The fraction of sp³-hybridized carbons (Fsp3) is 0.350. The normalized spacial score (nSPS) is 11.1. The topological polar surface area (TPSA) is 101 Å². The van der Waals surface area contributed by atoms with Crippen molar-refractivity contribution in [3.63, 3.8) is 0 Å². The molecule has 3 N–H and O–H groups in total. The van der Waals surface area contributed by atoms with Crippen LogP contribution in [0, 0.1) is 0 Å². The molecule has 0 aliphatic carbocycles. The van der Waals surface area contributed by atoms with Gasteiger partial charge >= 0.3 is 5.69 Å². The van der Waals surface area contributed by atoms with Crippen molar-refractivity contribution in [3.8, 4) is 0 Å². The SMILES string of the molecule is CCCCn1c(N)c(N(CC)C(=O)/C=C/c2ccc(SC)cc2)c(=O)[nH]c1=O. The van der Waals surface area contributed by atoms with Gasteiger partial charge in [0.05, 0.1) is 0 Å². The fourth-order valence-electron chi connectivity index (χ4n) is 2.77. The molecule has 28 heavy (non-hydrogen) atoms. The maximum absolute atomic E-state index is 12.7. The highest BCUT2D eigenvalue weighted by Crippen LogP contribution is 2.18. The van der Waals surface area contributed by atoms with Gasteiger partial charge in [0, 0.05) is 24.1 Å². The number of likely N-dealkylation sites (N-methyl/N-ethyl adjacent to an activating group) is 1. The number of hydrogen-bond donors (Lipinski definition) is 2. The smallest absolute Gasteiger partial charge is 0.330 e. The first-order valence-electron chi connectivity index (χ1n) is 9.19. The molecule has 1 amide bonds. The lowest BCUT2D eigenvalue weighted by Gasteiger charge is -2.21.